The predicted molar refractivity (Wildman–Crippen MR) is 145 cm³/mol. The number of ether oxygens (including phenoxy) is 4. The van der Waals surface area contributed by atoms with Crippen LogP contribution in [0.1, 0.15) is 53.9 Å². The molecule has 3 rings (SSSR count). The smallest absolute Gasteiger partial charge is 0.303 e. The van der Waals surface area contributed by atoms with Crippen LogP contribution in [-0.2, 0) is 44.7 Å². The van der Waals surface area contributed by atoms with E-state index in [1.165, 1.54) is 39.5 Å². The van der Waals surface area contributed by atoms with E-state index in [4.69, 9.17) is 18.9 Å². The third kappa shape index (κ3) is 8.52. The monoisotopic (exact) mass is 576 g/mol. The van der Waals surface area contributed by atoms with Gasteiger partial charge in [-0.15, -0.1) is 10.2 Å². The zero-order valence-electron chi connectivity index (χ0n) is 23.3. The zero-order valence-corrected chi connectivity index (χ0v) is 24.1. The Labute approximate surface area is 237 Å². The Morgan fingerprint density at radius 2 is 1.62 bits per heavy atom. The molecule has 1 aromatic heterocycles. The molecule has 2 heterocycles. The van der Waals surface area contributed by atoms with E-state index in [-0.39, 0.29) is 6.61 Å². The Balaban J connectivity index is 2.04. The molecule has 0 unspecified atom stereocenters. The molecule has 1 amide bonds. The van der Waals surface area contributed by atoms with Crippen molar-refractivity contribution in [1.29, 1.82) is 0 Å². The number of hydrogen-bond donors (Lipinski definition) is 1. The van der Waals surface area contributed by atoms with Gasteiger partial charge >= 0.3 is 17.9 Å². The van der Waals surface area contributed by atoms with Gasteiger partial charge in [-0.1, -0.05) is 61.9 Å². The quantitative estimate of drug-likeness (QED) is 0.226. The maximum Gasteiger partial charge on any atom is 0.303 e. The first-order valence-electron chi connectivity index (χ1n) is 13.2. The second-order valence-electron chi connectivity index (χ2n) is 9.37. The SMILES string of the molecule is CCCCCn1c(S[C@H]2O[C@H](COC(C)=O)[C@@H](OC(C)=O)[C@H](OC(C)=O)[C@H]2NC(C)=O)nnc1-c1ccccc1. The highest BCUT2D eigenvalue weighted by Crippen LogP contribution is 2.36. The van der Waals surface area contributed by atoms with Crippen LogP contribution in [0.15, 0.2) is 35.5 Å². The fourth-order valence-electron chi connectivity index (χ4n) is 4.39. The van der Waals surface area contributed by atoms with Gasteiger partial charge in [-0.3, -0.25) is 19.2 Å². The van der Waals surface area contributed by atoms with Crippen LogP contribution in [0.4, 0.5) is 0 Å². The molecule has 1 aromatic carbocycles. The van der Waals surface area contributed by atoms with Crippen molar-refractivity contribution in [3.05, 3.63) is 30.3 Å². The minimum absolute atomic E-state index is 0.270. The van der Waals surface area contributed by atoms with Gasteiger partial charge in [0, 0.05) is 39.8 Å². The summed E-state index contributed by atoms with van der Waals surface area (Å²) in [4.78, 5) is 48.0. The molecule has 12 nitrogen and oxygen atoms in total. The molecule has 0 radical (unpaired) electrons. The number of aromatic nitrogens is 3. The number of carbonyl (C=O) groups excluding carboxylic acids is 4. The van der Waals surface area contributed by atoms with E-state index >= 15 is 0 Å². The summed E-state index contributed by atoms with van der Waals surface area (Å²) in [6, 6.07) is 8.71. The van der Waals surface area contributed by atoms with Crippen molar-refractivity contribution < 1.29 is 38.1 Å². The first-order valence-corrected chi connectivity index (χ1v) is 14.0. The van der Waals surface area contributed by atoms with Gasteiger partial charge in [-0.2, -0.15) is 0 Å². The highest BCUT2D eigenvalue weighted by Gasteiger charge is 2.51. The average molecular weight is 577 g/mol. The Morgan fingerprint density at radius 1 is 0.950 bits per heavy atom. The van der Waals surface area contributed by atoms with Crippen LogP contribution in [0.3, 0.4) is 0 Å². The van der Waals surface area contributed by atoms with E-state index in [0.717, 1.165) is 24.8 Å². The van der Waals surface area contributed by atoms with Crippen LogP contribution in [-0.4, -0.2) is 75.0 Å². The number of benzene rings is 1. The second kappa shape index (κ2) is 14.8. The van der Waals surface area contributed by atoms with Gasteiger partial charge in [-0.05, 0) is 6.42 Å². The van der Waals surface area contributed by atoms with Gasteiger partial charge < -0.3 is 28.8 Å². The van der Waals surface area contributed by atoms with Crippen LogP contribution in [0.5, 0.6) is 0 Å². The van der Waals surface area contributed by atoms with Crippen molar-refractivity contribution in [2.45, 2.75) is 95.4 Å². The molecule has 1 fully saturated rings. The zero-order chi connectivity index (χ0) is 29.2. The summed E-state index contributed by atoms with van der Waals surface area (Å²) in [7, 11) is 0. The normalized spacial score (nSPS) is 22.3. The van der Waals surface area contributed by atoms with Gasteiger partial charge in [-0.25, -0.2) is 0 Å². The molecule has 0 bridgehead atoms. The summed E-state index contributed by atoms with van der Waals surface area (Å²) in [6.45, 7) is 7.46. The van der Waals surface area contributed by atoms with E-state index < -0.39 is 53.6 Å². The van der Waals surface area contributed by atoms with Crippen LogP contribution in [0.2, 0.25) is 0 Å². The number of unbranched alkanes of at least 4 members (excludes halogenated alkanes) is 2. The summed E-state index contributed by atoms with van der Waals surface area (Å²) in [5.41, 5.74) is 0.0140. The molecule has 1 saturated heterocycles. The molecule has 13 heteroatoms. The molecule has 1 aliphatic heterocycles. The topological polar surface area (TPSA) is 148 Å². The fraction of sp³-hybridized carbons (Fsp3) is 0.556. The number of esters is 3. The first kappa shape index (κ1) is 31.1. The number of hydrogen-bond acceptors (Lipinski definition) is 11. The molecule has 218 valence electrons. The molecule has 2 aromatic rings. The van der Waals surface area contributed by atoms with Gasteiger partial charge in [0.15, 0.2) is 23.2 Å². The Bertz CT molecular complexity index is 1170. The molecule has 0 saturated carbocycles. The lowest BCUT2D eigenvalue weighted by Crippen LogP contribution is -2.65. The van der Waals surface area contributed by atoms with Gasteiger partial charge in [0.2, 0.25) is 5.91 Å². The van der Waals surface area contributed by atoms with E-state index in [2.05, 4.69) is 22.4 Å². The van der Waals surface area contributed by atoms with Gasteiger partial charge in [0.05, 0.1) is 0 Å². The fourth-order valence-corrected chi connectivity index (χ4v) is 5.56. The number of carbonyl (C=O) groups is 4. The highest BCUT2D eigenvalue weighted by molar-refractivity contribution is 7.99. The lowest BCUT2D eigenvalue weighted by Gasteiger charge is -2.44. The molecule has 0 spiro atoms. The molecular formula is C27H36N4O8S. The number of thioether (sulfide) groups is 1. The van der Waals surface area contributed by atoms with Crippen molar-refractivity contribution in [2.24, 2.45) is 0 Å². The first-order chi connectivity index (χ1) is 19.1. The van der Waals surface area contributed by atoms with Crippen LogP contribution in [0, 0.1) is 0 Å². The van der Waals surface area contributed by atoms with Gasteiger partial charge in [0.1, 0.15) is 24.2 Å². The number of rotatable bonds is 12. The number of amides is 1. The summed E-state index contributed by atoms with van der Waals surface area (Å²) in [5, 5.41) is 12.2. The molecule has 1 aliphatic rings. The van der Waals surface area contributed by atoms with Crippen LogP contribution >= 0.6 is 11.8 Å². The molecular weight excluding hydrogens is 540 g/mol. The van der Waals surface area contributed by atoms with Crippen molar-refractivity contribution in [2.75, 3.05) is 6.61 Å². The van der Waals surface area contributed by atoms with Crippen molar-refractivity contribution in [1.82, 2.24) is 20.1 Å². The molecule has 5 atom stereocenters. The molecule has 0 aliphatic carbocycles. The highest BCUT2D eigenvalue weighted by atomic mass is 32.2. The number of nitrogens with zero attached hydrogens (tertiary/aromatic N) is 3. The Morgan fingerprint density at radius 3 is 2.23 bits per heavy atom. The third-order valence-corrected chi connectivity index (χ3v) is 7.18. The van der Waals surface area contributed by atoms with Crippen molar-refractivity contribution in [3.63, 3.8) is 0 Å². The largest absolute Gasteiger partial charge is 0.463 e. The summed E-state index contributed by atoms with van der Waals surface area (Å²) in [5.74, 6) is -1.61. The van der Waals surface area contributed by atoms with Crippen molar-refractivity contribution in [3.8, 4) is 11.4 Å². The summed E-state index contributed by atoms with van der Waals surface area (Å²) in [6.07, 6.45) is -0.360. The van der Waals surface area contributed by atoms with E-state index in [1.54, 1.807) is 0 Å². The van der Waals surface area contributed by atoms with E-state index in [0.29, 0.717) is 17.5 Å². The van der Waals surface area contributed by atoms with Gasteiger partial charge in [0.25, 0.3) is 0 Å². The minimum Gasteiger partial charge on any atom is -0.463 e. The summed E-state index contributed by atoms with van der Waals surface area (Å²) < 4.78 is 24.6. The van der Waals surface area contributed by atoms with E-state index in [1.807, 2.05) is 34.9 Å². The average Bonchev–Trinajstić information content (AvgIpc) is 3.28. The lowest BCUT2D eigenvalue weighted by molar-refractivity contribution is -0.211. The van der Waals surface area contributed by atoms with Crippen molar-refractivity contribution >= 4 is 35.6 Å². The Kier molecular flexibility index (Phi) is 11.5. The van der Waals surface area contributed by atoms with Crippen LogP contribution < -0.4 is 5.32 Å². The van der Waals surface area contributed by atoms with E-state index in [9.17, 15) is 19.2 Å². The predicted octanol–water partition coefficient (Wildman–Crippen LogP) is 2.88. The standard InChI is InChI=1S/C27H36N4O8S/c1-6-7-11-14-31-25(20-12-9-8-10-13-20)29-30-27(31)40-26-22(28-16(2)32)24(38-19(5)35)23(37-18(4)34)21(39-26)15-36-17(3)33/h8-10,12-13,21-24,26H,6-7,11,14-15H2,1-5H3,(H,28,32)/t21-,22-,23-,24-,26-/m1/s1. The van der Waals surface area contributed by atoms with Crippen LogP contribution in [0.25, 0.3) is 11.4 Å². The maximum absolute atomic E-state index is 12.3. The summed E-state index contributed by atoms with van der Waals surface area (Å²) >= 11 is 1.18. The number of nitrogens with one attached hydrogen (secondary N) is 1. The lowest BCUT2D eigenvalue weighted by atomic mass is 9.97. The Hall–Kier alpha value is -3.45. The second-order valence-corrected chi connectivity index (χ2v) is 10.4. The minimum atomic E-state index is -1.16. The maximum atomic E-state index is 12.3. The molecule has 40 heavy (non-hydrogen) atoms. The molecule has 1 N–H and O–H groups in total. The third-order valence-electron chi connectivity index (χ3n) is 6.03.